The van der Waals surface area contributed by atoms with Crippen molar-refractivity contribution in [3.8, 4) is 5.88 Å². The van der Waals surface area contributed by atoms with E-state index in [1.54, 1.807) is 0 Å². The van der Waals surface area contributed by atoms with Crippen molar-refractivity contribution in [2.75, 3.05) is 7.11 Å². The Hall–Kier alpha value is -1.56. The molecule has 6 heteroatoms. The van der Waals surface area contributed by atoms with Crippen LogP contribution in [-0.4, -0.2) is 18.4 Å². The van der Waals surface area contributed by atoms with Crippen molar-refractivity contribution in [2.24, 2.45) is 5.73 Å². The Bertz CT molecular complexity index is 369. The van der Waals surface area contributed by atoms with E-state index in [-0.39, 0.29) is 23.7 Å². The van der Waals surface area contributed by atoms with Crippen molar-refractivity contribution in [2.45, 2.75) is 13.0 Å². The lowest BCUT2D eigenvalue weighted by Gasteiger charge is -2.10. The van der Waals surface area contributed by atoms with E-state index in [4.69, 9.17) is 10.5 Å². The minimum atomic E-state index is -2.78. The second-order valence-corrected chi connectivity index (χ2v) is 2.74. The molecule has 0 spiro atoms. The first-order chi connectivity index (χ1) is 7.13. The molecule has 1 heterocycles. The van der Waals surface area contributed by atoms with Crippen molar-refractivity contribution < 1.29 is 18.3 Å². The number of aldehydes is 1. The number of methoxy groups -OCH3 is 1. The van der Waals surface area contributed by atoms with Gasteiger partial charge in [-0.1, -0.05) is 0 Å². The van der Waals surface area contributed by atoms with E-state index in [0.717, 1.165) is 6.07 Å². The first kappa shape index (κ1) is 11.5. The molecule has 0 saturated carbocycles. The van der Waals surface area contributed by atoms with E-state index in [1.807, 2.05) is 0 Å². The SMILES string of the molecule is COc1cc(C=O)c(C(F)F)c(CN)n1. The standard InChI is InChI=1S/C9H10F2N2O2/c1-15-7-2-5(4-14)8(9(10)11)6(3-12)13-7/h2,4,9H,3,12H2,1H3. The molecular formula is C9H10F2N2O2. The van der Waals surface area contributed by atoms with Crippen LogP contribution in [0.3, 0.4) is 0 Å². The van der Waals surface area contributed by atoms with Crippen LogP contribution in [0.5, 0.6) is 5.88 Å². The molecule has 0 aliphatic heterocycles. The van der Waals surface area contributed by atoms with E-state index in [9.17, 15) is 13.6 Å². The highest BCUT2D eigenvalue weighted by Gasteiger charge is 2.19. The van der Waals surface area contributed by atoms with Gasteiger partial charge in [0.25, 0.3) is 6.43 Å². The molecule has 0 aromatic carbocycles. The molecule has 0 fully saturated rings. The molecule has 4 nitrogen and oxygen atoms in total. The molecule has 82 valence electrons. The van der Waals surface area contributed by atoms with Crippen molar-refractivity contribution in [1.29, 1.82) is 0 Å². The van der Waals surface area contributed by atoms with E-state index in [0.29, 0.717) is 6.29 Å². The summed E-state index contributed by atoms with van der Waals surface area (Å²) in [6.45, 7) is -0.169. The number of alkyl halides is 2. The van der Waals surface area contributed by atoms with Gasteiger partial charge in [0.15, 0.2) is 6.29 Å². The summed E-state index contributed by atoms with van der Waals surface area (Å²) in [5.41, 5.74) is 4.68. The Morgan fingerprint density at radius 3 is 2.73 bits per heavy atom. The third kappa shape index (κ3) is 2.27. The summed E-state index contributed by atoms with van der Waals surface area (Å²) in [7, 11) is 1.33. The number of hydrogen-bond donors (Lipinski definition) is 1. The summed E-state index contributed by atoms with van der Waals surface area (Å²) in [4.78, 5) is 14.4. The molecule has 1 rings (SSSR count). The summed E-state index contributed by atoms with van der Waals surface area (Å²) in [6.07, 6.45) is -2.44. The fourth-order valence-corrected chi connectivity index (χ4v) is 1.21. The van der Waals surface area contributed by atoms with Crippen molar-refractivity contribution in [1.82, 2.24) is 4.98 Å². The highest BCUT2D eigenvalue weighted by molar-refractivity contribution is 5.78. The monoisotopic (exact) mass is 216 g/mol. The van der Waals surface area contributed by atoms with Crippen LogP contribution in [-0.2, 0) is 6.54 Å². The number of aromatic nitrogens is 1. The van der Waals surface area contributed by atoms with Crippen LogP contribution in [0.15, 0.2) is 6.07 Å². The number of nitrogens with two attached hydrogens (primary N) is 1. The van der Waals surface area contributed by atoms with Gasteiger partial charge >= 0.3 is 0 Å². The maximum atomic E-state index is 12.6. The molecule has 2 N–H and O–H groups in total. The normalized spacial score (nSPS) is 10.5. The molecule has 1 aromatic rings. The summed E-state index contributed by atoms with van der Waals surface area (Å²) >= 11 is 0. The van der Waals surface area contributed by atoms with Crippen LogP contribution in [0, 0.1) is 0 Å². The Morgan fingerprint density at radius 1 is 1.67 bits per heavy atom. The van der Waals surface area contributed by atoms with E-state index in [2.05, 4.69) is 4.98 Å². The first-order valence-corrected chi connectivity index (χ1v) is 4.15. The summed E-state index contributed by atoms with van der Waals surface area (Å²) in [5.74, 6) is 0.0990. The quantitative estimate of drug-likeness (QED) is 0.770. The predicted octanol–water partition coefficient (Wildman–Crippen LogP) is 1.30. The summed E-state index contributed by atoms with van der Waals surface area (Å²) < 4.78 is 30.0. The van der Waals surface area contributed by atoms with Gasteiger partial charge in [-0.3, -0.25) is 4.79 Å². The molecular weight excluding hydrogens is 206 g/mol. The molecule has 0 aliphatic carbocycles. The Morgan fingerprint density at radius 2 is 2.33 bits per heavy atom. The van der Waals surface area contributed by atoms with Crippen LogP contribution in [0.1, 0.15) is 28.0 Å². The lowest BCUT2D eigenvalue weighted by atomic mass is 10.1. The third-order valence-corrected chi connectivity index (χ3v) is 1.89. The van der Waals surface area contributed by atoms with Gasteiger partial charge in [0.05, 0.1) is 18.4 Å². The minimum Gasteiger partial charge on any atom is -0.481 e. The lowest BCUT2D eigenvalue weighted by molar-refractivity contribution is 0.110. The zero-order chi connectivity index (χ0) is 11.4. The van der Waals surface area contributed by atoms with Crippen LogP contribution in [0.4, 0.5) is 8.78 Å². The number of pyridine rings is 1. The molecule has 0 radical (unpaired) electrons. The van der Waals surface area contributed by atoms with Crippen LogP contribution in [0.25, 0.3) is 0 Å². The fraction of sp³-hybridized carbons (Fsp3) is 0.333. The molecule has 0 amide bonds. The van der Waals surface area contributed by atoms with Gasteiger partial charge in [-0.15, -0.1) is 0 Å². The van der Waals surface area contributed by atoms with E-state index >= 15 is 0 Å². The van der Waals surface area contributed by atoms with Gasteiger partial charge in [-0.05, 0) is 0 Å². The van der Waals surface area contributed by atoms with Crippen molar-refractivity contribution in [3.63, 3.8) is 0 Å². The highest BCUT2D eigenvalue weighted by Crippen LogP contribution is 2.27. The van der Waals surface area contributed by atoms with Gasteiger partial charge < -0.3 is 10.5 Å². The van der Waals surface area contributed by atoms with Crippen molar-refractivity contribution in [3.05, 3.63) is 22.9 Å². The van der Waals surface area contributed by atoms with Gasteiger partial charge in [0, 0.05) is 18.2 Å². The summed E-state index contributed by atoms with van der Waals surface area (Å²) in [6, 6.07) is 1.16. The Labute approximate surface area is 85.1 Å². The predicted molar refractivity (Wildman–Crippen MR) is 49.0 cm³/mol. The zero-order valence-electron chi connectivity index (χ0n) is 8.04. The highest BCUT2D eigenvalue weighted by atomic mass is 19.3. The van der Waals surface area contributed by atoms with Gasteiger partial charge in [-0.25, -0.2) is 13.8 Å². The molecule has 0 atom stereocenters. The summed E-state index contributed by atoms with van der Waals surface area (Å²) in [5, 5.41) is 0. The number of nitrogens with zero attached hydrogens (tertiary/aromatic N) is 1. The molecule has 0 aliphatic rings. The average Bonchev–Trinajstić information content (AvgIpc) is 2.26. The number of rotatable bonds is 4. The molecule has 0 saturated heterocycles. The van der Waals surface area contributed by atoms with Crippen LogP contribution < -0.4 is 10.5 Å². The number of halogens is 2. The van der Waals surface area contributed by atoms with E-state index in [1.165, 1.54) is 7.11 Å². The molecule has 15 heavy (non-hydrogen) atoms. The third-order valence-electron chi connectivity index (χ3n) is 1.89. The fourth-order valence-electron chi connectivity index (χ4n) is 1.21. The number of hydrogen-bond acceptors (Lipinski definition) is 4. The zero-order valence-corrected chi connectivity index (χ0v) is 8.04. The van der Waals surface area contributed by atoms with Gasteiger partial charge in [-0.2, -0.15) is 0 Å². The lowest BCUT2D eigenvalue weighted by Crippen LogP contribution is -2.09. The van der Waals surface area contributed by atoms with Crippen LogP contribution in [0.2, 0.25) is 0 Å². The molecule has 0 unspecified atom stereocenters. The number of carbonyl (C=O) groups excluding carboxylic acids is 1. The second-order valence-electron chi connectivity index (χ2n) is 2.74. The first-order valence-electron chi connectivity index (χ1n) is 4.15. The minimum absolute atomic E-state index is 0.0218. The Kier molecular flexibility index (Phi) is 3.68. The number of carbonyl (C=O) groups is 1. The largest absolute Gasteiger partial charge is 0.481 e. The molecule has 0 bridgehead atoms. The van der Waals surface area contributed by atoms with Crippen molar-refractivity contribution >= 4 is 6.29 Å². The molecule has 1 aromatic heterocycles. The maximum Gasteiger partial charge on any atom is 0.266 e. The smallest absolute Gasteiger partial charge is 0.266 e. The number of ether oxygens (including phenoxy) is 1. The maximum absolute atomic E-state index is 12.6. The van der Waals surface area contributed by atoms with Gasteiger partial charge in [0.1, 0.15) is 0 Å². The second kappa shape index (κ2) is 4.79. The Balaban J connectivity index is 3.39. The average molecular weight is 216 g/mol. The van der Waals surface area contributed by atoms with Gasteiger partial charge in [0.2, 0.25) is 5.88 Å². The van der Waals surface area contributed by atoms with Crippen LogP contribution >= 0.6 is 0 Å². The van der Waals surface area contributed by atoms with E-state index < -0.39 is 12.0 Å². The topological polar surface area (TPSA) is 65.2 Å².